The van der Waals surface area contributed by atoms with Crippen molar-refractivity contribution in [1.82, 2.24) is 29.1 Å². The molecule has 1 aliphatic carbocycles. The fraction of sp³-hybridized carbons (Fsp3) is 0.0133. The van der Waals surface area contributed by atoms with Crippen molar-refractivity contribution in [2.75, 3.05) is 0 Å². The van der Waals surface area contributed by atoms with E-state index >= 15 is 0 Å². The fourth-order valence-corrected chi connectivity index (χ4v) is 12.4. The van der Waals surface area contributed by atoms with Gasteiger partial charge in [0, 0.05) is 55.9 Å². The summed E-state index contributed by atoms with van der Waals surface area (Å²) >= 11 is 0. The van der Waals surface area contributed by atoms with Gasteiger partial charge in [0.25, 0.3) is 0 Å². The molecular formula is C75H50N6. The van der Waals surface area contributed by atoms with E-state index in [4.69, 9.17) is 19.9 Å². The van der Waals surface area contributed by atoms with E-state index in [1.165, 1.54) is 54.9 Å². The zero-order valence-corrected chi connectivity index (χ0v) is 44.1. The Bertz CT molecular complexity index is 4590. The third kappa shape index (κ3) is 8.03. The highest BCUT2D eigenvalue weighted by atomic mass is 15.1. The summed E-state index contributed by atoms with van der Waals surface area (Å²) in [7, 11) is 0. The highest BCUT2D eigenvalue weighted by Crippen LogP contribution is 2.56. The van der Waals surface area contributed by atoms with Crippen LogP contribution in [0, 0.1) is 0 Å². The van der Waals surface area contributed by atoms with Gasteiger partial charge >= 0.3 is 0 Å². The van der Waals surface area contributed by atoms with Gasteiger partial charge in [0.2, 0.25) is 0 Å². The number of hydrogen-bond donors (Lipinski definition) is 0. The van der Waals surface area contributed by atoms with E-state index < -0.39 is 5.41 Å². The predicted molar refractivity (Wildman–Crippen MR) is 332 cm³/mol. The molecule has 380 valence electrons. The lowest BCUT2D eigenvalue weighted by Crippen LogP contribution is -2.28. The lowest BCUT2D eigenvalue weighted by atomic mass is 9.67. The topological polar surface area (TPSA) is 61.4 Å². The van der Waals surface area contributed by atoms with E-state index in [0.29, 0.717) is 5.82 Å². The average Bonchev–Trinajstić information content (AvgIpc) is 4.33. The zero-order valence-electron chi connectivity index (χ0n) is 44.1. The van der Waals surface area contributed by atoms with E-state index in [2.05, 4.69) is 258 Å². The molecule has 0 bridgehead atoms. The molecular weight excluding hydrogens is 985 g/mol. The zero-order chi connectivity index (χ0) is 53.7. The van der Waals surface area contributed by atoms with Crippen LogP contribution in [0.4, 0.5) is 0 Å². The van der Waals surface area contributed by atoms with Crippen LogP contribution < -0.4 is 0 Å². The number of para-hydroxylation sites is 4. The van der Waals surface area contributed by atoms with Crippen LogP contribution >= 0.6 is 0 Å². The first-order valence-electron chi connectivity index (χ1n) is 27.5. The Morgan fingerprint density at radius 3 is 0.963 bits per heavy atom. The first-order chi connectivity index (χ1) is 40.2. The standard InChI is InChI=1S/C47H31N3.C28H19N3/c1-3-15-33(16-4-1)46-48-42(31-45(49-46)50-43-25-13-9-21-38(43)39-22-10-14-26-44(39)50)32-27-29-35(30-28-32)47(34-17-5-2-6-18-34)40-23-11-7-19-36(40)37-20-8-12-24-41(37)47;1-3-11-20(12-4-1)24-19-27(30-28(29-24)21-13-5-2-6-14-21)31-25-17-9-7-15-22(25)23-16-8-10-18-26(23)31/h1-31H;1-19H. The smallest absolute Gasteiger partial charge is 0.162 e. The number of aromatic nitrogens is 6. The molecule has 0 unspecified atom stereocenters. The molecule has 81 heavy (non-hydrogen) atoms. The minimum Gasteiger partial charge on any atom is -0.294 e. The van der Waals surface area contributed by atoms with E-state index in [9.17, 15) is 0 Å². The summed E-state index contributed by atoms with van der Waals surface area (Å²) in [5.74, 6) is 3.13. The van der Waals surface area contributed by atoms with Crippen LogP contribution in [0.3, 0.4) is 0 Å². The number of benzene rings is 11. The van der Waals surface area contributed by atoms with Crippen LogP contribution in [0.25, 0.3) is 112 Å². The second kappa shape index (κ2) is 19.9. The molecule has 4 aromatic heterocycles. The molecule has 16 rings (SSSR count). The Balaban J connectivity index is 0.000000156. The van der Waals surface area contributed by atoms with Crippen LogP contribution in [0.5, 0.6) is 0 Å². The second-order valence-corrected chi connectivity index (χ2v) is 20.5. The van der Waals surface area contributed by atoms with Gasteiger partial charge in [-0.15, -0.1) is 0 Å². The maximum Gasteiger partial charge on any atom is 0.162 e. The number of rotatable bonds is 8. The highest BCUT2D eigenvalue weighted by molar-refractivity contribution is 6.10. The van der Waals surface area contributed by atoms with Gasteiger partial charge in [-0.05, 0) is 57.6 Å². The molecule has 1 aliphatic rings. The molecule has 0 N–H and O–H groups in total. The van der Waals surface area contributed by atoms with Crippen molar-refractivity contribution in [2.45, 2.75) is 5.41 Å². The maximum atomic E-state index is 5.21. The normalized spacial score (nSPS) is 12.3. The molecule has 6 heteroatoms. The minimum atomic E-state index is -0.442. The van der Waals surface area contributed by atoms with E-state index in [-0.39, 0.29) is 0 Å². The highest BCUT2D eigenvalue weighted by Gasteiger charge is 2.45. The minimum absolute atomic E-state index is 0.442. The van der Waals surface area contributed by atoms with Gasteiger partial charge in [0.05, 0.1) is 38.9 Å². The summed E-state index contributed by atoms with van der Waals surface area (Å²) in [5.41, 5.74) is 17.6. The molecule has 0 aliphatic heterocycles. The van der Waals surface area contributed by atoms with Crippen molar-refractivity contribution in [3.63, 3.8) is 0 Å². The van der Waals surface area contributed by atoms with Crippen molar-refractivity contribution in [3.8, 4) is 68.1 Å². The first-order valence-corrected chi connectivity index (χ1v) is 27.5. The first kappa shape index (κ1) is 47.4. The maximum absolute atomic E-state index is 5.21. The Morgan fingerprint density at radius 2 is 0.556 bits per heavy atom. The van der Waals surface area contributed by atoms with E-state index in [1.54, 1.807) is 0 Å². The Labute approximate surface area is 469 Å². The Kier molecular flexibility index (Phi) is 11.6. The molecule has 0 saturated carbocycles. The van der Waals surface area contributed by atoms with Gasteiger partial charge in [-0.1, -0.05) is 267 Å². The molecule has 15 aromatic rings. The van der Waals surface area contributed by atoms with Crippen LogP contribution in [0.2, 0.25) is 0 Å². The van der Waals surface area contributed by atoms with Gasteiger partial charge in [0.15, 0.2) is 11.6 Å². The van der Waals surface area contributed by atoms with Crippen LogP contribution in [-0.4, -0.2) is 29.1 Å². The molecule has 0 fully saturated rings. The Hall–Kier alpha value is -10.8. The predicted octanol–water partition coefficient (Wildman–Crippen LogP) is 18.2. The summed E-state index contributed by atoms with van der Waals surface area (Å²) in [4.78, 5) is 20.3. The van der Waals surface area contributed by atoms with E-state index in [0.717, 1.165) is 73.2 Å². The molecule has 0 amide bonds. The lowest BCUT2D eigenvalue weighted by molar-refractivity contribution is 0.768. The van der Waals surface area contributed by atoms with Gasteiger partial charge in [-0.3, -0.25) is 9.13 Å². The lowest BCUT2D eigenvalue weighted by Gasteiger charge is -2.34. The molecule has 11 aromatic carbocycles. The van der Waals surface area contributed by atoms with Gasteiger partial charge < -0.3 is 0 Å². The van der Waals surface area contributed by atoms with Crippen molar-refractivity contribution >= 4 is 43.6 Å². The van der Waals surface area contributed by atoms with Crippen molar-refractivity contribution in [2.24, 2.45) is 0 Å². The number of nitrogens with zero attached hydrogens (tertiary/aromatic N) is 6. The summed E-state index contributed by atoms with van der Waals surface area (Å²) in [5, 5.41) is 4.85. The quantitative estimate of drug-likeness (QED) is 0.152. The van der Waals surface area contributed by atoms with Crippen molar-refractivity contribution in [1.29, 1.82) is 0 Å². The van der Waals surface area contributed by atoms with Crippen LogP contribution in [-0.2, 0) is 5.41 Å². The molecule has 4 heterocycles. The van der Waals surface area contributed by atoms with Crippen molar-refractivity contribution in [3.05, 3.63) is 326 Å². The fourth-order valence-electron chi connectivity index (χ4n) is 12.4. The third-order valence-electron chi connectivity index (χ3n) is 15.9. The summed E-state index contributed by atoms with van der Waals surface area (Å²) in [6.07, 6.45) is 0. The molecule has 0 saturated heterocycles. The summed E-state index contributed by atoms with van der Waals surface area (Å²) in [6, 6.07) is 107. The molecule has 0 spiro atoms. The number of fused-ring (bicyclic) bond motifs is 9. The summed E-state index contributed by atoms with van der Waals surface area (Å²) in [6.45, 7) is 0. The van der Waals surface area contributed by atoms with Crippen LogP contribution in [0.1, 0.15) is 22.3 Å². The SMILES string of the molecule is c1ccc(-c2cc(-n3c4ccccc4c4ccccc43)nc(-c3ccccc3)n2)cc1.c1ccc(-c2nc(-c3ccc(C4(c5ccccc5)c5ccccc5-c5ccccc54)cc3)cc(-n3c4ccccc4c4ccccc43)n2)cc1. The van der Waals surface area contributed by atoms with Crippen LogP contribution in [0.15, 0.2) is 303 Å². The third-order valence-corrected chi connectivity index (χ3v) is 15.9. The van der Waals surface area contributed by atoms with Gasteiger partial charge in [-0.2, -0.15) is 0 Å². The van der Waals surface area contributed by atoms with E-state index in [1.807, 2.05) is 54.6 Å². The van der Waals surface area contributed by atoms with Gasteiger partial charge in [0.1, 0.15) is 11.6 Å². The van der Waals surface area contributed by atoms with Crippen molar-refractivity contribution < 1.29 is 0 Å². The molecule has 0 atom stereocenters. The Morgan fingerprint density at radius 1 is 0.247 bits per heavy atom. The average molecular weight is 1040 g/mol. The summed E-state index contributed by atoms with van der Waals surface area (Å²) < 4.78 is 4.51. The van der Waals surface area contributed by atoms with Gasteiger partial charge in [-0.25, -0.2) is 19.9 Å². The molecule has 0 radical (unpaired) electrons. The second-order valence-electron chi connectivity index (χ2n) is 20.5. The molecule has 6 nitrogen and oxygen atoms in total. The largest absolute Gasteiger partial charge is 0.294 e. The monoisotopic (exact) mass is 1030 g/mol. The number of hydrogen-bond acceptors (Lipinski definition) is 4.